The molecule has 0 fully saturated rings. The molecule has 1 unspecified atom stereocenters. The summed E-state index contributed by atoms with van der Waals surface area (Å²) in [5.41, 5.74) is 0.132. The maximum atomic E-state index is 10.8. The van der Waals surface area contributed by atoms with E-state index < -0.39 is 5.60 Å². The average molecular weight is 352 g/mol. The fourth-order valence-electron chi connectivity index (χ4n) is 2.20. The summed E-state index contributed by atoms with van der Waals surface area (Å²) in [7, 11) is 0. The van der Waals surface area contributed by atoms with E-state index in [1.54, 1.807) is 13.0 Å². The molecule has 0 radical (unpaired) electrons. The first-order chi connectivity index (χ1) is 9.48. The quantitative estimate of drug-likeness (QED) is 0.696. The van der Waals surface area contributed by atoms with E-state index in [-0.39, 0.29) is 0 Å². The fraction of sp³-hybridized carbons (Fsp3) is 0.125. The van der Waals surface area contributed by atoms with Crippen molar-refractivity contribution in [1.82, 2.24) is 0 Å². The minimum atomic E-state index is -1.22. The van der Waals surface area contributed by atoms with Crippen LogP contribution in [0, 0.1) is 0 Å². The molecule has 0 aliphatic rings. The topological polar surface area (TPSA) is 33.4 Å². The number of benzene rings is 2. The zero-order chi connectivity index (χ0) is 14.3. The van der Waals surface area contributed by atoms with Crippen molar-refractivity contribution in [3.05, 3.63) is 69.3 Å². The molecule has 3 aromatic rings. The fourth-order valence-corrected chi connectivity index (χ4v) is 2.82. The maximum Gasteiger partial charge on any atom is 0.153 e. The summed E-state index contributed by atoms with van der Waals surface area (Å²) in [6.45, 7) is 1.71. The summed E-state index contributed by atoms with van der Waals surface area (Å²) in [5.74, 6) is 0.471. The molecule has 4 heteroatoms. The van der Waals surface area contributed by atoms with Gasteiger partial charge in [0.2, 0.25) is 0 Å². The van der Waals surface area contributed by atoms with Crippen LogP contribution in [-0.4, -0.2) is 5.11 Å². The lowest BCUT2D eigenvalue weighted by atomic mass is 9.93. The number of aliphatic hydroxyl groups is 1. The van der Waals surface area contributed by atoms with Crippen LogP contribution in [0.3, 0.4) is 0 Å². The van der Waals surface area contributed by atoms with Gasteiger partial charge in [-0.05, 0) is 36.8 Å². The number of hydrogen-bond acceptors (Lipinski definition) is 2. The van der Waals surface area contributed by atoms with Gasteiger partial charge in [0.25, 0.3) is 0 Å². The number of fused-ring (bicyclic) bond motifs is 1. The van der Waals surface area contributed by atoms with Crippen molar-refractivity contribution in [1.29, 1.82) is 0 Å². The third-order valence-electron chi connectivity index (χ3n) is 3.36. The van der Waals surface area contributed by atoms with E-state index in [4.69, 9.17) is 16.0 Å². The zero-order valence-electron chi connectivity index (χ0n) is 10.7. The highest BCUT2D eigenvalue weighted by Crippen LogP contribution is 2.36. The Kier molecular flexibility index (Phi) is 3.36. The van der Waals surface area contributed by atoms with Gasteiger partial charge in [0, 0.05) is 9.86 Å². The van der Waals surface area contributed by atoms with Gasteiger partial charge in [-0.15, -0.1) is 0 Å². The van der Waals surface area contributed by atoms with E-state index in [9.17, 15) is 5.11 Å². The lowest BCUT2D eigenvalue weighted by Crippen LogP contribution is -2.21. The van der Waals surface area contributed by atoms with E-state index in [0.717, 1.165) is 15.4 Å². The number of furan rings is 1. The van der Waals surface area contributed by atoms with E-state index in [1.165, 1.54) is 0 Å². The van der Waals surface area contributed by atoms with Crippen molar-refractivity contribution in [2.45, 2.75) is 12.5 Å². The molecular weight excluding hydrogens is 340 g/mol. The van der Waals surface area contributed by atoms with Crippen molar-refractivity contribution in [2.75, 3.05) is 0 Å². The molecule has 0 aliphatic heterocycles. The van der Waals surface area contributed by atoms with Crippen LogP contribution >= 0.6 is 27.5 Å². The van der Waals surface area contributed by atoms with E-state index in [2.05, 4.69) is 15.9 Å². The number of rotatable bonds is 2. The third kappa shape index (κ3) is 2.26. The lowest BCUT2D eigenvalue weighted by Gasteiger charge is -2.21. The van der Waals surface area contributed by atoms with Crippen LogP contribution in [0.4, 0.5) is 0 Å². The van der Waals surface area contributed by atoms with Crippen LogP contribution in [0.15, 0.2) is 57.4 Å². The second kappa shape index (κ2) is 4.92. The van der Waals surface area contributed by atoms with Gasteiger partial charge in [-0.1, -0.05) is 51.8 Å². The minimum absolute atomic E-state index is 0.471. The Hall–Kier alpha value is -1.29. The molecular formula is C16H12BrClO2. The van der Waals surface area contributed by atoms with Crippen LogP contribution < -0.4 is 0 Å². The van der Waals surface area contributed by atoms with E-state index >= 15 is 0 Å². The van der Waals surface area contributed by atoms with Gasteiger partial charge in [0.05, 0.1) is 5.02 Å². The number of halogens is 2. The molecule has 20 heavy (non-hydrogen) atoms. The van der Waals surface area contributed by atoms with E-state index in [1.807, 2.05) is 42.5 Å². The van der Waals surface area contributed by atoms with Crippen LogP contribution in [0.5, 0.6) is 0 Å². The molecule has 1 N–H and O–H groups in total. The summed E-state index contributed by atoms with van der Waals surface area (Å²) < 4.78 is 6.67. The second-order valence-electron chi connectivity index (χ2n) is 4.85. The minimum Gasteiger partial charge on any atom is -0.456 e. The Morgan fingerprint density at radius 1 is 1.15 bits per heavy atom. The maximum absolute atomic E-state index is 10.8. The van der Waals surface area contributed by atoms with Crippen LogP contribution in [0.2, 0.25) is 5.02 Å². The normalized spacial score (nSPS) is 14.4. The molecule has 0 bridgehead atoms. The summed E-state index contributed by atoms with van der Waals surface area (Å²) >= 11 is 9.52. The lowest BCUT2D eigenvalue weighted by molar-refractivity contribution is 0.0786. The van der Waals surface area contributed by atoms with Gasteiger partial charge >= 0.3 is 0 Å². The molecule has 2 nitrogen and oxygen atoms in total. The first-order valence-corrected chi connectivity index (χ1v) is 7.32. The zero-order valence-corrected chi connectivity index (χ0v) is 13.1. The first-order valence-electron chi connectivity index (χ1n) is 6.15. The monoisotopic (exact) mass is 350 g/mol. The SMILES string of the molecule is CC(O)(c1cccc(Br)c1)c1cc2cccc(Cl)c2o1. The summed E-state index contributed by atoms with van der Waals surface area (Å²) in [5, 5.41) is 12.2. The molecule has 1 aromatic heterocycles. The van der Waals surface area contributed by atoms with Crippen molar-refractivity contribution in [2.24, 2.45) is 0 Å². The van der Waals surface area contributed by atoms with Crippen molar-refractivity contribution >= 4 is 38.5 Å². The van der Waals surface area contributed by atoms with Gasteiger partial charge in [-0.3, -0.25) is 0 Å². The molecule has 0 aliphatic carbocycles. The average Bonchev–Trinajstić information content (AvgIpc) is 2.85. The van der Waals surface area contributed by atoms with Gasteiger partial charge in [-0.25, -0.2) is 0 Å². The van der Waals surface area contributed by atoms with Gasteiger partial charge < -0.3 is 9.52 Å². The molecule has 0 amide bonds. The number of para-hydroxylation sites is 1. The third-order valence-corrected chi connectivity index (χ3v) is 4.15. The largest absolute Gasteiger partial charge is 0.456 e. The molecule has 102 valence electrons. The van der Waals surface area contributed by atoms with Crippen LogP contribution in [-0.2, 0) is 5.60 Å². The summed E-state index contributed by atoms with van der Waals surface area (Å²) in [6.07, 6.45) is 0. The number of hydrogen-bond donors (Lipinski definition) is 1. The molecule has 1 heterocycles. The molecule has 2 aromatic carbocycles. The first kappa shape index (κ1) is 13.7. The smallest absolute Gasteiger partial charge is 0.153 e. The Balaban J connectivity index is 2.16. The van der Waals surface area contributed by atoms with Gasteiger partial charge in [0.15, 0.2) is 5.58 Å². The summed E-state index contributed by atoms with van der Waals surface area (Å²) in [4.78, 5) is 0. The predicted molar refractivity (Wildman–Crippen MR) is 84.0 cm³/mol. The van der Waals surface area contributed by atoms with Crippen molar-refractivity contribution in [3.63, 3.8) is 0 Å². The Morgan fingerprint density at radius 2 is 1.90 bits per heavy atom. The molecule has 0 saturated heterocycles. The van der Waals surface area contributed by atoms with Gasteiger partial charge in [0.1, 0.15) is 11.4 Å². The van der Waals surface area contributed by atoms with Crippen LogP contribution in [0.1, 0.15) is 18.2 Å². The summed E-state index contributed by atoms with van der Waals surface area (Å²) in [6, 6.07) is 14.9. The van der Waals surface area contributed by atoms with Crippen LogP contribution in [0.25, 0.3) is 11.0 Å². The molecule has 3 rings (SSSR count). The Labute approximate surface area is 130 Å². The Bertz CT molecular complexity index is 777. The van der Waals surface area contributed by atoms with Crippen molar-refractivity contribution in [3.8, 4) is 0 Å². The van der Waals surface area contributed by atoms with Crippen molar-refractivity contribution < 1.29 is 9.52 Å². The molecule has 1 atom stereocenters. The van der Waals surface area contributed by atoms with E-state index in [0.29, 0.717) is 16.4 Å². The standard InChI is InChI=1S/C16H12BrClO2/c1-16(19,11-5-3-6-12(17)9-11)14-8-10-4-2-7-13(18)15(10)20-14/h2-9,19H,1H3. The van der Waals surface area contributed by atoms with Gasteiger partial charge in [-0.2, -0.15) is 0 Å². The molecule has 0 spiro atoms. The molecule has 0 saturated carbocycles. The Morgan fingerprint density at radius 3 is 2.60 bits per heavy atom. The highest BCUT2D eigenvalue weighted by atomic mass is 79.9. The predicted octanol–water partition coefficient (Wildman–Crippen LogP) is 5.10. The highest BCUT2D eigenvalue weighted by Gasteiger charge is 2.30. The highest BCUT2D eigenvalue weighted by molar-refractivity contribution is 9.10. The second-order valence-corrected chi connectivity index (χ2v) is 6.17.